The van der Waals surface area contributed by atoms with Gasteiger partial charge in [0.15, 0.2) is 0 Å². The smallest absolute Gasteiger partial charge is 0.337 e. The summed E-state index contributed by atoms with van der Waals surface area (Å²) in [6.07, 6.45) is 1.70. The van der Waals surface area contributed by atoms with Crippen LogP contribution in [0.1, 0.15) is 21.5 Å². The highest BCUT2D eigenvalue weighted by molar-refractivity contribution is 8.18. The highest BCUT2D eigenvalue weighted by atomic mass is 32.2. The molecule has 0 radical (unpaired) electrons. The molecule has 0 aromatic heterocycles. The van der Waals surface area contributed by atoms with Gasteiger partial charge in [0, 0.05) is 0 Å². The number of ether oxygens (including phenoxy) is 1. The normalized spacial score (nSPS) is 15.7. The summed E-state index contributed by atoms with van der Waals surface area (Å²) in [5.74, 6) is -0.790. The zero-order chi connectivity index (χ0) is 17.8. The second kappa shape index (κ2) is 7.36. The van der Waals surface area contributed by atoms with Crippen LogP contribution in [-0.2, 0) is 16.1 Å². The van der Waals surface area contributed by atoms with Gasteiger partial charge in [0.2, 0.25) is 0 Å². The molecule has 0 spiro atoms. The monoisotopic (exact) mass is 353 g/mol. The molecule has 1 heterocycles. The Morgan fingerprint density at radius 1 is 1.12 bits per heavy atom. The first-order valence-electron chi connectivity index (χ1n) is 7.56. The van der Waals surface area contributed by atoms with E-state index in [2.05, 4.69) is 4.74 Å². The van der Waals surface area contributed by atoms with E-state index >= 15 is 0 Å². The first kappa shape index (κ1) is 17.0. The number of nitrogens with zero attached hydrogens (tertiary/aromatic N) is 1. The predicted octanol–water partition coefficient (Wildman–Crippen LogP) is 3.71. The molecule has 2 aromatic carbocycles. The van der Waals surface area contributed by atoms with Crippen molar-refractivity contribution < 1.29 is 19.1 Å². The zero-order valence-corrected chi connectivity index (χ0v) is 14.3. The molecular formula is C19H15NO4S. The van der Waals surface area contributed by atoms with Crippen LogP contribution in [0.2, 0.25) is 0 Å². The first-order valence-corrected chi connectivity index (χ1v) is 8.38. The molecule has 1 aliphatic rings. The number of methoxy groups -OCH3 is 1. The minimum Gasteiger partial charge on any atom is -0.465 e. The Labute approximate surface area is 149 Å². The Bertz CT molecular complexity index is 861. The Hall–Kier alpha value is -2.86. The lowest BCUT2D eigenvalue weighted by Gasteiger charge is -2.13. The Morgan fingerprint density at radius 2 is 1.88 bits per heavy atom. The molecular weight excluding hydrogens is 338 g/mol. The number of amides is 2. The van der Waals surface area contributed by atoms with Crippen molar-refractivity contribution in [2.24, 2.45) is 0 Å². The fourth-order valence-electron chi connectivity index (χ4n) is 2.43. The Balaban J connectivity index is 1.80. The van der Waals surface area contributed by atoms with E-state index in [4.69, 9.17) is 0 Å². The number of imide groups is 1. The molecule has 2 aromatic rings. The molecule has 0 saturated carbocycles. The third-order valence-electron chi connectivity index (χ3n) is 3.66. The summed E-state index contributed by atoms with van der Waals surface area (Å²) in [6, 6.07) is 16.1. The van der Waals surface area contributed by atoms with Gasteiger partial charge in [-0.2, -0.15) is 0 Å². The highest BCUT2D eigenvalue weighted by Gasteiger charge is 2.35. The lowest BCUT2D eigenvalue weighted by molar-refractivity contribution is -0.123. The van der Waals surface area contributed by atoms with E-state index in [-0.39, 0.29) is 17.7 Å². The van der Waals surface area contributed by atoms with Crippen LogP contribution in [-0.4, -0.2) is 29.1 Å². The van der Waals surface area contributed by atoms with Crippen LogP contribution in [0.3, 0.4) is 0 Å². The lowest BCUT2D eigenvalue weighted by atomic mass is 10.1. The van der Waals surface area contributed by atoms with Gasteiger partial charge in [-0.3, -0.25) is 14.5 Å². The molecule has 3 rings (SSSR count). The predicted molar refractivity (Wildman–Crippen MR) is 95.7 cm³/mol. The van der Waals surface area contributed by atoms with E-state index in [0.29, 0.717) is 16.0 Å². The molecule has 1 aliphatic heterocycles. The number of hydrogen-bond acceptors (Lipinski definition) is 5. The van der Waals surface area contributed by atoms with Crippen LogP contribution in [0.15, 0.2) is 59.5 Å². The minimum absolute atomic E-state index is 0.113. The number of rotatable bonds is 4. The van der Waals surface area contributed by atoms with Gasteiger partial charge in [-0.25, -0.2) is 4.79 Å². The highest BCUT2D eigenvalue weighted by Crippen LogP contribution is 2.33. The number of benzene rings is 2. The van der Waals surface area contributed by atoms with E-state index in [0.717, 1.165) is 17.3 Å². The second-order valence-electron chi connectivity index (χ2n) is 5.37. The van der Waals surface area contributed by atoms with Crippen LogP contribution in [0.5, 0.6) is 0 Å². The second-order valence-corrected chi connectivity index (χ2v) is 6.36. The van der Waals surface area contributed by atoms with Crippen molar-refractivity contribution in [3.63, 3.8) is 0 Å². The number of thioether (sulfide) groups is 1. The van der Waals surface area contributed by atoms with Gasteiger partial charge in [-0.1, -0.05) is 42.5 Å². The quantitative estimate of drug-likeness (QED) is 0.619. The summed E-state index contributed by atoms with van der Waals surface area (Å²) in [6.45, 7) is 0.113. The standard InChI is InChI=1S/C19H15NO4S/c1-24-18(22)15-9-5-8-14(10-15)12-20-17(21)16(25-19(20)23)11-13-6-3-2-4-7-13/h2-11H,12H2,1H3. The van der Waals surface area contributed by atoms with E-state index in [1.54, 1.807) is 30.3 Å². The van der Waals surface area contributed by atoms with Crippen LogP contribution in [0.25, 0.3) is 6.08 Å². The molecule has 0 unspecified atom stereocenters. The summed E-state index contributed by atoms with van der Waals surface area (Å²) in [5.41, 5.74) is 1.93. The number of carbonyl (C=O) groups is 3. The van der Waals surface area contributed by atoms with E-state index in [9.17, 15) is 14.4 Å². The molecule has 0 atom stereocenters. The SMILES string of the molecule is COC(=O)c1cccc(CN2C(=O)SC(=Cc3ccccc3)C2=O)c1. The fourth-order valence-corrected chi connectivity index (χ4v) is 3.27. The fraction of sp³-hybridized carbons (Fsp3) is 0.105. The Morgan fingerprint density at radius 3 is 2.60 bits per heavy atom. The summed E-state index contributed by atoms with van der Waals surface area (Å²) in [4.78, 5) is 37.9. The maximum atomic E-state index is 12.5. The lowest BCUT2D eigenvalue weighted by Crippen LogP contribution is -2.27. The zero-order valence-electron chi connectivity index (χ0n) is 13.5. The molecule has 126 valence electrons. The number of carbonyl (C=O) groups excluding carboxylic acids is 3. The molecule has 0 N–H and O–H groups in total. The van der Waals surface area contributed by atoms with Gasteiger partial charge in [-0.15, -0.1) is 0 Å². The molecule has 1 saturated heterocycles. The van der Waals surface area contributed by atoms with Gasteiger partial charge in [0.25, 0.3) is 11.1 Å². The van der Waals surface area contributed by atoms with E-state index in [1.165, 1.54) is 12.0 Å². The molecule has 6 heteroatoms. The average Bonchev–Trinajstić information content (AvgIpc) is 2.89. The summed E-state index contributed by atoms with van der Waals surface area (Å²) in [7, 11) is 1.31. The van der Waals surface area contributed by atoms with Crippen molar-refractivity contribution >= 4 is 35.0 Å². The summed E-state index contributed by atoms with van der Waals surface area (Å²) in [5, 5.41) is -0.323. The van der Waals surface area contributed by atoms with Crippen LogP contribution in [0, 0.1) is 0 Å². The maximum absolute atomic E-state index is 12.5. The Kier molecular flexibility index (Phi) is 5.00. The third-order valence-corrected chi connectivity index (χ3v) is 4.57. The molecule has 0 bridgehead atoms. The van der Waals surface area contributed by atoms with Crippen molar-refractivity contribution in [2.45, 2.75) is 6.54 Å². The van der Waals surface area contributed by atoms with Crippen molar-refractivity contribution in [3.8, 4) is 0 Å². The van der Waals surface area contributed by atoms with Crippen molar-refractivity contribution in [1.29, 1.82) is 0 Å². The van der Waals surface area contributed by atoms with Crippen molar-refractivity contribution in [2.75, 3.05) is 7.11 Å². The van der Waals surface area contributed by atoms with Crippen molar-refractivity contribution in [1.82, 2.24) is 4.90 Å². The largest absolute Gasteiger partial charge is 0.465 e. The third kappa shape index (κ3) is 3.80. The van der Waals surface area contributed by atoms with Gasteiger partial charge >= 0.3 is 5.97 Å². The number of hydrogen-bond donors (Lipinski definition) is 0. The molecule has 1 fully saturated rings. The van der Waals surface area contributed by atoms with Gasteiger partial charge in [-0.05, 0) is 41.1 Å². The van der Waals surface area contributed by atoms with Crippen LogP contribution >= 0.6 is 11.8 Å². The number of esters is 1. The summed E-state index contributed by atoms with van der Waals surface area (Å²) >= 11 is 0.918. The average molecular weight is 353 g/mol. The molecule has 2 amide bonds. The molecule has 25 heavy (non-hydrogen) atoms. The van der Waals surface area contributed by atoms with Gasteiger partial charge < -0.3 is 4.74 Å². The van der Waals surface area contributed by atoms with Crippen LogP contribution in [0.4, 0.5) is 4.79 Å². The molecule has 0 aliphatic carbocycles. The van der Waals surface area contributed by atoms with Gasteiger partial charge in [0.1, 0.15) is 0 Å². The van der Waals surface area contributed by atoms with Crippen LogP contribution < -0.4 is 0 Å². The van der Waals surface area contributed by atoms with E-state index < -0.39 is 5.97 Å². The topological polar surface area (TPSA) is 63.7 Å². The van der Waals surface area contributed by atoms with E-state index in [1.807, 2.05) is 30.3 Å². The first-order chi connectivity index (χ1) is 12.1. The van der Waals surface area contributed by atoms with Crippen molar-refractivity contribution in [3.05, 3.63) is 76.2 Å². The maximum Gasteiger partial charge on any atom is 0.337 e. The molecule has 5 nitrogen and oxygen atoms in total. The minimum atomic E-state index is -0.458. The van der Waals surface area contributed by atoms with Gasteiger partial charge in [0.05, 0.1) is 24.1 Å². The summed E-state index contributed by atoms with van der Waals surface area (Å²) < 4.78 is 4.69.